The third-order valence-corrected chi connectivity index (χ3v) is 2.12. The Kier molecular flexibility index (Phi) is 1.94. The second-order valence-electron chi connectivity index (χ2n) is 2.17. The van der Waals surface area contributed by atoms with Crippen LogP contribution >= 0.6 is 27.5 Å². The minimum Gasteiger partial charge on any atom is -0.236 e. The molecule has 0 saturated heterocycles. The van der Waals surface area contributed by atoms with Crippen LogP contribution in [0.15, 0.2) is 23.1 Å². The Morgan fingerprint density at radius 2 is 2.08 bits per heavy atom. The zero-order chi connectivity index (χ0) is 8.55. The lowest BCUT2D eigenvalue weighted by Gasteiger charge is -1.96. The number of nitrogens with zero attached hydrogens (tertiary/aromatic N) is 3. The van der Waals surface area contributed by atoms with Gasteiger partial charge in [-0.05, 0) is 28.1 Å². The van der Waals surface area contributed by atoms with Gasteiger partial charge in [0, 0.05) is 0 Å². The van der Waals surface area contributed by atoms with Crippen LogP contribution in [0, 0.1) is 0 Å². The second kappa shape index (κ2) is 2.95. The molecule has 5 heteroatoms. The smallest absolute Gasteiger partial charge is 0.158 e. The van der Waals surface area contributed by atoms with E-state index in [0.717, 1.165) is 10.1 Å². The Bertz CT molecular complexity index is 432. The molecule has 0 radical (unpaired) electrons. The second-order valence-corrected chi connectivity index (χ2v) is 3.34. The fourth-order valence-electron chi connectivity index (χ4n) is 0.887. The highest BCUT2D eigenvalue weighted by molar-refractivity contribution is 9.10. The summed E-state index contributed by atoms with van der Waals surface area (Å²) in [5.74, 6) is 0. The van der Waals surface area contributed by atoms with E-state index >= 15 is 0 Å². The zero-order valence-corrected chi connectivity index (χ0v) is 8.17. The number of aromatic nitrogens is 3. The fraction of sp³-hybridized carbons (Fsp3) is 0. The van der Waals surface area contributed by atoms with Gasteiger partial charge in [0.05, 0.1) is 5.52 Å². The van der Waals surface area contributed by atoms with Gasteiger partial charge >= 0.3 is 0 Å². The summed E-state index contributed by atoms with van der Waals surface area (Å²) in [6.07, 6.45) is 1.42. The molecule has 2 heterocycles. The van der Waals surface area contributed by atoms with Crippen LogP contribution < -0.4 is 0 Å². The molecule has 3 nitrogen and oxygen atoms in total. The highest BCUT2D eigenvalue weighted by Gasteiger charge is 2.01. The maximum Gasteiger partial charge on any atom is 0.158 e. The molecule has 2 aromatic heterocycles. The van der Waals surface area contributed by atoms with Crippen molar-refractivity contribution in [3.8, 4) is 0 Å². The normalized spacial score (nSPS) is 10.5. The van der Waals surface area contributed by atoms with Gasteiger partial charge in [0.25, 0.3) is 0 Å². The first-order valence-corrected chi connectivity index (χ1v) is 4.37. The predicted molar refractivity (Wildman–Crippen MR) is 50.0 cm³/mol. The molecule has 0 amide bonds. The van der Waals surface area contributed by atoms with Crippen molar-refractivity contribution in [2.75, 3.05) is 0 Å². The van der Waals surface area contributed by atoms with E-state index in [9.17, 15) is 0 Å². The average Bonchev–Trinajstić information content (AvgIpc) is 2.07. The summed E-state index contributed by atoms with van der Waals surface area (Å²) >= 11 is 9.04. The number of halogens is 2. The van der Waals surface area contributed by atoms with Crippen LogP contribution in [0.1, 0.15) is 0 Å². The molecule has 0 unspecified atom stereocenters. The molecular formula is C7H3BrClN3. The number of hydrogen-bond acceptors (Lipinski definition) is 3. The molecule has 0 aliphatic rings. The van der Waals surface area contributed by atoms with E-state index in [2.05, 4.69) is 30.9 Å². The van der Waals surface area contributed by atoms with Gasteiger partial charge in [-0.3, -0.25) is 0 Å². The van der Waals surface area contributed by atoms with Crippen molar-refractivity contribution in [3.05, 3.63) is 28.2 Å². The highest BCUT2D eigenvalue weighted by atomic mass is 79.9. The Morgan fingerprint density at radius 3 is 2.92 bits per heavy atom. The summed E-state index contributed by atoms with van der Waals surface area (Å²) in [6, 6.07) is 3.64. The van der Waals surface area contributed by atoms with E-state index < -0.39 is 0 Å². The van der Waals surface area contributed by atoms with Crippen molar-refractivity contribution in [1.29, 1.82) is 0 Å². The first-order chi connectivity index (χ1) is 5.77. The number of hydrogen-bond donors (Lipinski definition) is 0. The lowest BCUT2D eigenvalue weighted by atomic mass is 10.4. The minimum absolute atomic E-state index is 0.376. The van der Waals surface area contributed by atoms with Gasteiger partial charge < -0.3 is 0 Å². The molecule has 0 aromatic carbocycles. The van der Waals surface area contributed by atoms with Crippen molar-refractivity contribution in [2.45, 2.75) is 0 Å². The van der Waals surface area contributed by atoms with E-state index in [-0.39, 0.29) is 0 Å². The van der Waals surface area contributed by atoms with Crippen LogP contribution in [0.25, 0.3) is 11.0 Å². The first-order valence-electron chi connectivity index (χ1n) is 3.20. The van der Waals surface area contributed by atoms with Gasteiger partial charge in [0.1, 0.15) is 16.4 Å². The third-order valence-electron chi connectivity index (χ3n) is 1.40. The summed E-state index contributed by atoms with van der Waals surface area (Å²) < 4.78 is 0.728. The van der Waals surface area contributed by atoms with Crippen molar-refractivity contribution < 1.29 is 0 Å². The monoisotopic (exact) mass is 243 g/mol. The van der Waals surface area contributed by atoms with Crippen LogP contribution in [0.3, 0.4) is 0 Å². The lowest BCUT2D eigenvalue weighted by Crippen LogP contribution is -1.86. The van der Waals surface area contributed by atoms with Crippen molar-refractivity contribution >= 4 is 38.6 Å². The largest absolute Gasteiger partial charge is 0.236 e. The summed E-state index contributed by atoms with van der Waals surface area (Å²) in [5, 5.41) is 0.376. The van der Waals surface area contributed by atoms with Crippen molar-refractivity contribution in [1.82, 2.24) is 15.0 Å². The van der Waals surface area contributed by atoms with Crippen LogP contribution in [-0.4, -0.2) is 15.0 Å². The lowest BCUT2D eigenvalue weighted by molar-refractivity contribution is 1.19. The average molecular weight is 244 g/mol. The van der Waals surface area contributed by atoms with Gasteiger partial charge in [0.2, 0.25) is 0 Å². The van der Waals surface area contributed by atoms with E-state index in [1.165, 1.54) is 6.33 Å². The topological polar surface area (TPSA) is 38.7 Å². The molecule has 0 fully saturated rings. The molecule has 0 N–H and O–H groups in total. The molecule has 0 aliphatic heterocycles. The van der Waals surface area contributed by atoms with Gasteiger partial charge in [-0.1, -0.05) is 11.6 Å². The summed E-state index contributed by atoms with van der Waals surface area (Å²) in [5.41, 5.74) is 1.37. The van der Waals surface area contributed by atoms with E-state index in [0.29, 0.717) is 10.7 Å². The Labute approximate surface area is 81.9 Å². The number of pyridine rings is 1. The van der Waals surface area contributed by atoms with Gasteiger partial charge in [-0.2, -0.15) is 0 Å². The molecular weight excluding hydrogens is 241 g/mol. The van der Waals surface area contributed by atoms with Gasteiger partial charge in [0.15, 0.2) is 5.15 Å². The predicted octanol–water partition coefficient (Wildman–Crippen LogP) is 2.44. The van der Waals surface area contributed by atoms with Crippen LogP contribution in [0.4, 0.5) is 0 Å². The summed E-state index contributed by atoms with van der Waals surface area (Å²) in [7, 11) is 0. The molecule has 0 atom stereocenters. The van der Waals surface area contributed by atoms with Gasteiger partial charge in [-0.15, -0.1) is 0 Å². The number of rotatable bonds is 0. The first kappa shape index (κ1) is 7.89. The summed E-state index contributed by atoms with van der Waals surface area (Å²) in [4.78, 5) is 12.0. The van der Waals surface area contributed by atoms with Crippen LogP contribution in [0.2, 0.25) is 5.15 Å². The Balaban J connectivity index is 2.88. The SMILES string of the molecule is Clc1ncnc2ccc(Br)nc12. The molecule has 0 bridgehead atoms. The maximum absolute atomic E-state index is 5.79. The van der Waals surface area contributed by atoms with E-state index in [1.54, 1.807) is 0 Å². The van der Waals surface area contributed by atoms with Crippen molar-refractivity contribution in [3.63, 3.8) is 0 Å². The Hall–Kier alpha value is -0.740. The fourth-order valence-corrected chi connectivity index (χ4v) is 1.38. The zero-order valence-electron chi connectivity index (χ0n) is 5.83. The van der Waals surface area contributed by atoms with Crippen LogP contribution in [-0.2, 0) is 0 Å². The Morgan fingerprint density at radius 1 is 1.25 bits per heavy atom. The number of fused-ring (bicyclic) bond motifs is 1. The van der Waals surface area contributed by atoms with Crippen LogP contribution in [0.5, 0.6) is 0 Å². The molecule has 60 valence electrons. The minimum atomic E-state index is 0.376. The van der Waals surface area contributed by atoms with Crippen molar-refractivity contribution in [2.24, 2.45) is 0 Å². The molecule has 0 spiro atoms. The molecule has 0 saturated carbocycles. The molecule has 2 aromatic rings. The molecule has 0 aliphatic carbocycles. The quantitative estimate of drug-likeness (QED) is 0.528. The standard InChI is InChI=1S/C7H3BrClN3/c8-5-2-1-4-6(12-5)7(9)11-3-10-4/h1-3H. The van der Waals surface area contributed by atoms with Gasteiger partial charge in [-0.25, -0.2) is 15.0 Å². The van der Waals surface area contributed by atoms with E-state index in [4.69, 9.17) is 11.6 Å². The highest BCUT2D eigenvalue weighted by Crippen LogP contribution is 2.18. The van der Waals surface area contributed by atoms with E-state index in [1.807, 2.05) is 12.1 Å². The summed E-state index contributed by atoms with van der Waals surface area (Å²) in [6.45, 7) is 0. The molecule has 12 heavy (non-hydrogen) atoms. The maximum atomic E-state index is 5.79. The third kappa shape index (κ3) is 1.28. The molecule has 2 rings (SSSR count).